The summed E-state index contributed by atoms with van der Waals surface area (Å²) in [6.45, 7) is 3.99. The van der Waals surface area contributed by atoms with E-state index < -0.39 is 0 Å². The van der Waals surface area contributed by atoms with Crippen LogP contribution in [0.4, 0.5) is 5.69 Å². The van der Waals surface area contributed by atoms with Gasteiger partial charge in [0.15, 0.2) is 0 Å². The van der Waals surface area contributed by atoms with E-state index in [9.17, 15) is 4.79 Å². The Bertz CT molecular complexity index is 423. The van der Waals surface area contributed by atoms with Gasteiger partial charge in [0, 0.05) is 18.5 Å². The van der Waals surface area contributed by atoms with Gasteiger partial charge < -0.3 is 15.2 Å². The van der Waals surface area contributed by atoms with Gasteiger partial charge in [0.2, 0.25) is 0 Å². The monoisotopic (exact) mass is 249 g/mol. The zero-order valence-electron chi connectivity index (χ0n) is 10.8. The second-order valence-electron chi connectivity index (χ2n) is 4.84. The zero-order chi connectivity index (χ0) is 13.1. The van der Waals surface area contributed by atoms with Crippen molar-refractivity contribution < 1.29 is 14.3 Å². The fourth-order valence-corrected chi connectivity index (χ4v) is 2.34. The summed E-state index contributed by atoms with van der Waals surface area (Å²) < 4.78 is 11.1. The van der Waals surface area contributed by atoms with Gasteiger partial charge >= 0.3 is 5.97 Å². The Morgan fingerprint density at radius 3 is 2.50 bits per heavy atom. The molecule has 2 N–H and O–H groups in total. The van der Waals surface area contributed by atoms with Crippen molar-refractivity contribution in [3.8, 4) is 0 Å². The summed E-state index contributed by atoms with van der Waals surface area (Å²) in [6.07, 6.45) is 1.64. The molecule has 1 fully saturated rings. The number of nitrogens with two attached hydrogens (primary N) is 1. The molecule has 1 saturated heterocycles. The molecule has 1 heterocycles. The lowest BCUT2D eigenvalue weighted by molar-refractivity contribution is -0.0855. The maximum absolute atomic E-state index is 12.0. The molecule has 1 aliphatic rings. The van der Waals surface area contributed by atoms with Crippen molar-refractivity contribution in [2.45, 2.75) is 45.0 Å². The van der Waals surface area contributed by atoms with Crippen LogP contribution in [0.5, 0.6) is 0 Å². The largest absolute Gasteiger partial charge is 0.459 e. The van der Waals surface area contributed by atoms with Crippen LogP contribution in [0.2, 0.25) is 0 Å². The van der Waals surface area contributed by atoms with E-state index in [-0.39, 0.29) is 24.3 Å². The van der Waals surface area contributed by atoms with Gasteiger partial charge in [-0.2, -0.15) is 0 Å². The van der Waals surface area contributed by atoms with E-state index in [2.05, 4.69) is 0 Å². The van der Waals surface area contributed by atoms with E-state index in [0.717, 1.165) is 12.8 Å². The van der Waals surface area contributed by atoms with E-state index in [1.807, 2.05) is 13.8 Å². The number of benzene rings is 1. The van der Waals surface area contributed by atoms with Crippen LogP contribution in [0.1, 0.15) is 37.0 Å². The number of esters is 1. The van der Waals surface area contributed by atoms with Crippen molar-refractivity contribution in [1.29, 1.82) is 0 Å². The molecular formula is C14H19NO3. The smallest absolute Gasteiger partial charge is 0.340 e. The Balaban J connectivity index is 2.01. The van der Waals surface area contributed by atoms with Gasteiger partial charge in [-0.1, -0.05) is 12.1 Å². The topological polar surface area (TPSA) is 61.5 Å². The van der Waals surface area contributed by atoms with Crippen molar-refractivity contribution >= 4 is 11.7 Å². The highest BCUT2D eigenvalue weighted by Crippen LogP contribution is 2.23. The van der Waals surface area contributed by atoms with Crippen LogP contribution in [0.25, 0.3) is 0 Å². The fourth-order valence-electron chi connectivity index (χ4n) is 2.34. The highest BCUT2D eigenvalue weighted by Gasteiger charge is 2.27. The molecule has 0 amide bonds. The lowest BCUT2D eigenvalue weighted by Gasteiger charge is -2.31. The summed E-state index contributed by atoms with van der Waals surface area (Å²) in [7, 11) is 0. The number of rotatable bonds is 2. The number of ether oxygens (including phenoxy) is 2. The fraction of sp³-hybridized carbons (Fsp3) is 0.500. The molecule has 1 aliphatic heterocycles. The maximum Gasteiger partial charge on any atom is 0.340 e. The van der Waals surface area contributed by atoms with Crippen LogP contribution in [-0.2, 0) is 9.47 Å². The molecule has 2 rings (SSSR count). The number of carbonyl (C=O) groups excluding carboxylic acids is 1. The summed E-state index contributed by atoms with van der Waals surface area (Å²) in [5.41, 5.74) is 6.64. The lowest BCUT2D eigenvalue weighted by Crippen LogP contribution is -2.35. The third kappa shape index (κ3) is 3.01. The van der Waals surface area contributed by atoms with Gasteiger partial charge in [-0.05, 0) is 26.0 Å². The van der Waals surface area contributed by atoms with Crippen molar-refractivity contribution in [2.75, 3.05) is 5.73 Å². The number of hydrogen-bond acceptors (Lipinski definition) is 4. The molecule has 0 aliphatic carbocycles. The van der Waals surface area contributed by atoms with Crippen LogP contribution in [0, 0.1) is 0 Å². The number of carbonyl (C=O) groups is 1. The summed E-state index contributed by atoms with van der Waals surface area (Å²) >= 11 is 0. The van der Waals surface area contributed by atoms with Crippen molar-refractivity contribution in [3.05, 3.63) is 29.8 Å². The molecule has 1 aromatic carbocycles. The Labute approximate surface area is 107 Å². The summed E-state index contributed by atoms with van der Waals surface area (Å²) in [6, 6.07) is 6.96. The molecule has 98 valence electrons. The normalized spacial score (nSPS) is 27.8. The standard InChI is InChI=1S/C14H19NO3/c1-9-7-11(8-10(2)17-9)18-14(16)12-5-3-4-6-13(12)15/h3-6,9-11H,7-8,15H2,1-2H3. The van der Waals surface area contributed by atoms with E-state index in [0.29, 0.717) is 11.3 Å². The highest BCUT2D eigenvalue weighted by atomic mass is 16.6. The molecule has 1 aromatic rings. The van der Waals surface area contributed by atoms with Crippen molar-refractivity contribution in [3.63, 3.8) is 0 Å². The third-order valence-corrected chi connectivity index (χ3v) is 3.11. The van der Waals surface area contributed by atoms with Gasteiger partial charge in [0.1, 0.15) is 6.10 Å². The predicted octanol–water partition coefficient (Wildman–Crippen LogP) is 2.38. The predicted molar refractivity (Wildman–Crippen MR) is 69.3 cm³/mol. The molecule has 18 heavy (non-hydrogen) atoms. The summed E-state index contributed by atoms with van der Waals surface area (Å²) in [4.78, 5) is 12.0. The van der Waals surface area contributed by atoms with E-state index >= 15 is 0 Å². The number of hydrogen-bond donors (Lipinski definition) is 1. The van der Waals surface area contributed by atoms with Crippen LogP contribution < -0.4 is 5.73 Å². The molecule has 0 radical (unpaired) electrons. The summed E-state index contributed by atoms with van der Waals surface area (Å²) in [5, 5.41) is 0. The first-order chi connectivity index (χ1) is 8.56. The quantitative estimate of drug-likeness (QED) is 0.645. The molecule has 2 unspecified atom stereocenters. The van der Waals surface area contributed by atoms with E-state index in [1.54, 1.807) is 24.3 Å². The second-order valence-corrected chi connectivity index (χ2v) is 4.84. The van der Waals surface area contributed by atoms with Crippen LogP contribution in [0.3, 0.4) is 0 Å². The molecule has 2 atom stereocenters. The number of anilines is 1. The Morgan fingerprint density at radius 2 is 1.89 bits per heavy atom. The van der Waals surface area contributed by atoms with Crippen LogP contribution >= 0.6 is 0 Å². The molecule has 0 aromatic heterocycles. The molecule has 4 heteroatoms. The van der Waals surface area contributed by atoms with Crippen LogP contribution in [0.15, 0.2) is 24.3 Å². The first-order valence-corrected chi connectivity index (χ1v) is 6.27. The Morgan fingerprint density at radius 1 is 1.28 bits per heavy atom. The molecule has 0 spiro atoms. The van der Waals surface area contributed by atoms with Gasteiger partial charge in [0.05, 0.1) is 17.8 Å². The number of para-hydroxylation sites is 1. The van der Waals surface area contributed by atoms with Gasteiger partial charge in [0.25, 0.3) is 0 Å². The maximum atomic E-state index is 12.0. The van der Waals surface area contributed by atoms with Crippen molar-refractivity contribution in [2.24, 2.45) is 0 Å². The minimum absolute atomic E-state index is 0.0872. The average molecular weight is 249 g/mol. The average Bonchev–Trinajstić information content (AvgIpc) is 2.27. The van der Waals surface area contributed by atoms with E-state index in [4.69, 9.17) is 15.2 Å². The number of nitrogen functional groups attached to an aromatic ring is 1. The Kier molecular flexibility index (Phi) is 3.87. The van der Waals surface area contributed by atoms with Crippen LogP contribution in [-0.4, -0.2) is 24.3 Å². The first-order valence-electron chi connectivity index (χ1n) is 6.27. The minimum atomic E-state index is -0.348. The first kappa shape index (κ1) is 12.9. The molecule has 4 nitrogen and oxygen atoms in total. The minimum Gasteiger partial charge on any atom is -0.459 e. The zero-order valence-corrected chi connectivity index (χ0v) is 10.8. The second kappa shape index (κ2) is 5.40. The van der Waals surface area contributed by atoms with Crippen molar-refractivity contribution in [1.82, 2.24) is 0 Å². The SMILES string of the molecule is CC1CC(OC(=O)c2ccccc2N)CC(C)O1. The van der Waals surface area contributed by atoms with E-state index in [1.165, 1.54) is 0 Å². The summed E-state index contributed by atoms with van der Waals surface area (Å²) in [5.74, 6) is -0.348. The highest BCUT2D eigenvalue weighted by molar-refractivity contribution is 5.95. The molecule has 0 bridgehead atoms. The van der Waals surface area contributed by atoms with Gasteiger partial charge in [-0.3, -0.25) is 0 Å². The Hall–Kier alpha value is -1.55. The lowest BCUT2D eigenvalue weighted by atomic mass is 10.0. The molecule has 0 saturated carbocycles. The molecular weight excluding hydrogens is 230 g/mol. The van der Waals surface area contributed by atoms with Gasteiger partial charge in [-0.25, -0.2) is 4.79 Å². The third-order valence-electron chi connectivity index (χ3n) is 3.11. The van der Waals surface area contributed by atoms with Gasteiger partial charge in [-0.15, -0.1) is 0 Å².